The minimum atomic E-state index is -3.65. The SMILES string of the molecule is CC(C)(C)NS(=O)(=O)c1ccccc1-c1ccc(CC(N)=O)cc1. The van der Waals surface area contributed by atoms with E-state index >= 15 is 0 Å². The summed E-state index contributed by atoms with van der Waals surface area (Å²) in [5, 5.41) is 0. The molecule has 24 heavy (non-hydrogen) atoms. The third kappa shape index (κ3) is 4.66. The molecule has 0 aliphatic rings. The van der Waals surface area contributed by atoms with E-state index in [0.717, 1.165) is 11.1 Å². The Bertz CT molecular complexity index is 835. The van der Waals surface area contributed by atoms with E-state index in [4.69, 9.17) is 5.73 Å². The van der Waals surface area contributed by atoms with E-state index in [1.54, 1.807) is 69.3 Å². The molecule has 3 N–H and O–H groups in total. The van der Waals surface area contributed by atoms with Crippen molar-refractivity contribution in [2.75, 3.05) is 0 Å². The standard InChI is InChI=1S/C18H22N2O3S/c1-18(2,3)20-24(22,23)16-7-5-4-6-15(16)14-10-8-13(9-11-14)12-17(19)21/h4-11,20H,12H2,1-3H3,(H2,19,21). The number of sulfonamides is 1. The molecule has 128 valence electrons. The van der Waals surface area contributed by atoms with Crippen molar-refractivity contribution in [2.45, 2.75) is 37.6 Å². The summed E-state index contributed by atoms with van der Waals surface area (Å²) in [6, 6.07) is 14.0. The van der Waals surface area contributed by atoms with E-state index < -0.39 is 21.5 Å². The van der Waals surface area contributed by atoms with E-state index in [0.29, 0.717) is 5.56 Å². The van der Waals surface area contributed by atoms with Gasteiger partial charge in [-0.15, -0.1) is 0 Å². The van der Waals surface area contributed by atoms with Crippen molar-refractivity contribution in [3.63, 3.8) is 0 Å². The molecule has 0 aliphatic heterocycles. The molecule has 5 nitrogen and oxygen atoms in total. The zero-order valence-electron chi connectivity index (χ0n) is 14.0. The number of hydrogen-bond acceptors (Lipinski definition) is 3. The largest absolute Gasteiger partial charge is 0.369 e. The Hall–Kier alpha value is -2.18. The molecule has 0 bridgehead atoms. The molecule has 1 amide bonds. The average Bonchev–Trinajstić information content (AvgIpc) is 2.45. The lowest BCUT2D eigenvalue weighted by Gasteiger charge is -2.21. The van der Waals surface area contributed by atoms with Gasteiger partial charge in [-0.25, -0.2) is 13.1 Å². The first-order chi connectivity index (χ1) is 11.1. The highest BCUT2D eigenvalue weighted by Crippen LogP contribution is 2.28. The summed E-state index contributed by atoms with van der Waals surface area (Å²) in [5.74, 6) is -0.403. The van der Waals surface area contributed by atoms with Crippen molar-refractivity contribution in [3.8, 4) is 11.1 Å². The van der Waals surface area contributed by atoms with Gasteiger partial charge < -0.3 is 5.73 Å². The monoisotopic (exact) mass is 346 g/mol. The second-order valence-electron chi connectivity index (χ2n) is 6.69. The number of nitrogens with two attached hydrogens (primary N) is 1. The first kappa shape index (κ1) is 18.2. The highest BCUT2D eigenvalue weighted by molar-refractivity contribution is 7.89. The van der Waals surface area contributed by atoms with Gasteiger partial charge in [-0.3, -0.25) is 4.79 Å². The van der Waals surface area contributed by atoms with Crippen LogP contribution in [0.15, 0.2) is 53.4 Å². The maximum absolute atomic E-state index is 12.7. The fourth-order valence-corrected chi connectivity index (χ4v) is 4.05. The van der Waals surface area contributed by atoms with Crippen molar-refractivity contribution >= 4 is 15.9 Å². The minimum absolute atomic E-state index is 0.159. The fraction of sp³-hybridized carbons (Fsp3) is 0.278. The number of amides is 1. The molecule has 0 radical (unpaired) electrons. The molecule has 2 rings (SSSR count). The molecular weight excluding hydrogens is 324 g/mol. The van der Waals surface area contributed by atoms with Crippen LogP contribution >= 0.6 is 0 Å². The van der Waals surface area contributed by atoms with Gasteiger partial charge in [-0.2, -0.15) is 0 Å². The first-order valence-electron chi connectivity index (χ1n) is 7.59. The van der Waals surface area contributed by atoms with Gasteiger partial charge in [0.05, 0.1) is 11.3 Å². The molecule has 0 atom stereocenters. The van der Waals surface area contributed by atoms with Crippen LogP contribution < -0.4 is 10.5 Å². The van der Waals surface area contributed by atoms with Gasteiger partial charge in [0, 0.05) is 11.1 Å². The predicted octanol–water partition coefficient (Wildman–Crippen LogP) is 2.46. The van der Waals surface area contributed by atoms with Crippen LogP contribution in [0.25, 0.3) is 11.1 Å². The zero-order chi connectivity index (χ0) is 18.0. The molecule has 6 heteroatoms. The Labute approximate surface area is 142 Å². The first-order valence-corrected chi connectivity index (χ1v) is 9.07. The van der Waals surface area contributed by atoms with E-state index in [-0.39, 0.29) is 11.3 Å². The Kier molecular flexibility index (Phi) is 5.11. The van der Waals surface area contributed by atoms with E-state index in [1.165, 1.54) is 0 Å². The summed E-state index contributed by atoms with van der Waals surface area (Å²) in [7, 11) is -3.65. The van der Waals surface area contributed by atoms with Gasteiger partial charge in [0.25, 0.3) is 0 Å². The highest BCUT2D eigenvalue weighted by Gasteiger charge is 2.24. The van der Waals surface area contributed by atoms with Gasteiger partial charge >= 0.3 is 0 Å². The molecule has 0 fully saturated rings. The lowest BCUT2D eigenvalue weighted by atomic mass is 10.0. The summed E-state index contributed by atoms with van der Waals surface area (Å²) < 4.78 is 28.0. The number of nitrogens with one attached hydrogen (secondary N) is 1. The summed E-state index contributed by atoms with van der Waals surface area (Å²) >= 11 is 0. The van der Waals surface area contributed by atoms with Gasteiger partial charge in [-0.1, -0.05) is 42.5 Å². The number of carbonyl (C=O) groups is 1. The molecular formula is C18H22N2O3S. The molecule has 0 saturated heterocycles. The van der Waals surface area contributed by atoms with Crippen LogP contribution in [-0.4, -0.2) is 19.9 Å². The Balaban J connectivity index is 2.44. The second kappa shape index (κ2) is 6.75. The third-order valence-corrected chi connectivity index (χ3v) is 5.08. The van der Waals surface area contributed by atoms with Crippen LogP contribution in [0.4, 0.5) is 0 Å². The number of hydrogen-bond donors (Lipinski definition) is 2. The summed E-state index contributed by atoms with van der Waals surface area (Å²) in [5.41, 5.74) is 6.78. The lowest BCUT2D eigenvalue weighted by molar-refractivity contribution is -0.117. The van der Waals surface area contributed by atoms with Crippen molar-refractivity contribution in [1.29, 1.82) is 0 Å². The molecule has 0 heterocycles. The summed E-state index contributed by atoms with van der Waals surface area (Å²) in [6.45, 7) is 5.39. The molecule has 0 unspecified atom stereocenters. The quantitative estimate of drug-likeness (QED) is 0.871. The summed E-state index contributed by atoms with van der Waals surface area (Å²) in [6.07, 6.45) is 0.159. The molecule has 2 aromatic carbocycles. The fourth-order valence-electron chi connectivity index (χ4n) is 2.40. The van der Waals surface area contributed by atoms with Gasteiger partial charge in [0.2, 0.25) is 15.9 Å². The van der Waals surface area contributed by atoms with Gasteiger partial charge in [0.15, 0.2) is 0 Å². The third-order valence-electron chi connectivity index (χ3n) is 3.26. The molecule has 0 aromatic heterocycles. The van der Waals surface area contributed by atoms with Gasteiger partial charge in [0.1, 0.15) is 0 Å². The van der Waals surface area contributed by atoms with Crippen LogP contribution in [0.2, 0.25) is 0 Å². The van der Waals surface area contributed by atoms with Crippen molar-refractivity contribution in [3.05, 3.63) is 54.1 Å². The molecule has 2 aromatic rings. The maximum atomic E-state index is 12.7. The van der Waals surface area contributed by atoms with E-state index in [2.05, 4.69) is 4.72 Å². The number of benzene rings is 2. The molecule has 0 aliphatic carbocycles. The van der Waals surface area contributed by atoms with Crippen molar-refractivity contribution in [2.24, 2.45) is 5.73 Å². The molecule has 0 spiro atoms. The Morgan fingerprint density at radius 3 is 2.17 bits per heavy atom. The number of carbonyl (C=O) groups excluding carboxylic acids is 1. The molecule has 0 saturated carbocycles. The minimum Gasteiger partial charge on any atom is -0.369 e. The van der Waals surface area contributed by atoms with E-state index in [9.17, 15) is 13.2 Å². The van der Waals surface area contributed by atoms with Crippen LogP contribution in [-0.2, 0) is 21.2 Å². The van der Waals surface area contributed by atoms with Crippen LogP contribution in [0.5, 0.6) is 0 Å². The predicted molar refractivity (Wildman–Crippen MR) is 94.9 cm³/mol. The van der Waals surface area contributed by atoms with Crippen molar-refractivity contribution in [1.82, 2.24) is 4.72 Å². The maximum Gasteiger partial charge on any atom is 0.241 e. The highest BCUT2D eigenvalue weighted by atomic mass is 32.2. The zero-order valence-corrected chi connectivity index (χ0v) is 14.9. The Morgan fingerprint density at radius 1 is 1.04 bits per heavy atom. The lowest BCUT2D eigenvalue weighted by Crippen LogP contribution is -2.40. The smallest absolute Gasteiger partial charge is 0.241 e. The average molecular weight is 346 g/mol. The van der Waals surface area contributed by atoms with Gasteiger partial charge in [-0.05, 0) is 38.0 Å². The summed E-state index contributed by atoms with van der Waals surface area (Å²) in [4.78, 5) is 11.2. The van der Waals surface area contributed by atoms with Crippen LogP contribution in [0, 0.1) is 0 Å². The van der Waals surface area contributed by atoms with Crippen LogP contribution in [0.3, 0.4) is 0 Å². The normalized spacial score (nSPS) is 12.1. The van der Waals surface area contributed by atoms with Crippen molar-refractivity contribution < 1.29 is 13.2 Å². The number of primary amides is 1. The topological polar surface area (TPSA) is 89.3 Å². The second-order valence-corrected chi connectivity index (χ2v) is 8.34. The number of rotatable bonds is 5. The Morgan fingerprint density at radius 2 is 1.62 bits per heavy atom. The van der Waals surface area contributed by atoms with Crippen LogP contribution in [0.1, 0.15) is 26.3 Å². The van der Waals surface area contributed by atoms with E-state index in [1.807, 2.05) is 0 Å².